The minimum absolute atomic E-state index is 0.199. The molecule has 0 saturated heterocycles. The normalized spacial score (nSPS) is 11.2. The van der Waals surface area contributed by atoms with Crippen molar-refractivity contribution in [3.05, 3.63) is 28.2 Å². The van der Waals surface area contributed by atoms with Crippen LogP contribution in [0, 0.1) is 5.92 Å². The highest BCUT2D eigenvalue weighted by molar-refractivity contribution is 9.10. The maximum absolute atomic E-state index is 11.0. The van der Waals surface area contributed by atoms with Gasteiger partial charge in [0.1, 0.15) is 5.75 Å². The van der Waals surface area contributed by atoms with E-state index >= 15 is 0 Å². The van der Waals surface area contributed by atoms with Gasteiger partial charge in [-0.1, -0.05) is 26.0 Å². The van der Waals surface area contributed by atoms with Crippen LogP contribution in [0.3, 0.4) is 0 Å². The van der Waals surface area contributed by atoms with E-state index in [1.165, 1.54) is 0 Å². The lowest BCUT2D eigenvalue weighted by molar-refractivity contribution is -0.119. The maximum atomic E-state index is 11.0. The van der Waals surface area contributed by atoms with Crippen molar-refractivity contribution in [2.45, 2.75) is 20.4 Å². The van der Waals surface area contributed by atoms with Gasteiger partial charge in [-0.3, -0.25) is 9.69 Å². The molecule has 0 aliphatic rings. The highest BCUT2D eigenvalue weighted by Crippen LogP contribution is 2.28. The first kappa shape index (κ1) is 15.0. The third-order valence-corrected chi connectivity index (χ3v) is 3.11. The fourth-order valence-corrected chi connectivity index (χ4v) is 2.26. The first-order chi connectivity index (χ1) is 8.40. The second-order valence-corrected chi connectivity index (χ2v) is 5.63. The Hall–Kier alpha value is -1.07. The van der Waals surface area contributed by atoms with Gasteiger partial charge >= 0.3 is 0 Å². The zero-order valence-corrected chi connectivity index (χ0v) is 12.3. The summed E-state index contributed by atoms with van der Waals surface area (Å²) in [7, 11) is 0. The van der Waals surface area contributed by atoms with Crippen LogP contribution < -0.4 is 5.73 Å². The number of halogens is 1. The minimum Gasteiger partial charge on any atom is -0.506 e. The van der Waals surface area contributed by atoms with Gasteiger partial charge in [0.15, 0.2) is 0 Å². The second-order valence-electron chi connectivity index (χ2n) is 4.78. The topological polar surface area (TPSA) is 66.6 Å². The Balaban J connectivity index is 2.81. The molecule has 18 heavy (non-hydrogen) atoms. The molecule has 0 bridgehead atoms. The molecule has 0 aromatic heterocycles. The molecule has 0 radical (unpaired) electrons. The lowest BCUT2D eigenvalue weighted by Gasteiger charge is -2.23. The van der Waals surface area contributed by atoms with Crippen molar-refractivity contribution < 1.29 is 9.90 Å². The SMILES string of the molecule is CC(C)CN(CC(N)=O)Cc1cccc(Br)c1O. The summed E-state index contributed by atoms with van der Waals surface area (Å²) in [5.74, 6) is 0.291. The van der Waals surface area contributed by atoms with Crippen molar-refractivity contribution in [3.8, 4) is 5.75 Å². The van der Waals surface area contributed by atoms with Gasteiger partial charge in [0.2, 0.25) is 5.91 Å². The largest absolute Gasteiger partial charge is 0.506 e. The number of benzene rings is 1. The van der Waals surface area contributed by atoms with Gasteiger partial charge in [0.25, 0.3) is 0 Å². The van der Waals surface area contributed by atoms with Crippen molar-refractivity contribution in [3.63, 3.8) is 0 Å². The molecular weight excluding hydrogens is 296 g/mol. The summed E-state index contributed by atoms with van der Waals surface area (Å²) >= 11 is 3.28. The summed E-state index contributed by atoms with van der Waals surface area (Å²) in [6, 6.07) is 5.48. The summed E-state index contributed by atoms with van der Waals surface area (Å²) in [4.78, 5) is 13.0. The number of hydrogen-bond donors (Lipinski definition) is 2. The third-order valence-electron chi connectivity index (χ3n) is 2.47. The molecule has 0 saturated carbocycles. The van der Waals surface area contributed by atoms with Gasteiger partial charge in [-0.25, -0.2) is 0 Å². The Morgan fingerprint density at radius 1 is 1.50 bits per heavy atom. The summed E-state index contributed by atoms with van der Waals surface area (Å²) in [6.45, 7) is 5.62. The van der Waals surface area contributed by atoms with Crippen LogP contribution in [0.25, 0.3) is 0 Å². The van der Waals surface area contributed by atoms with Crippen molar-refractivity contribution >= 4 is 21.8 Å². The average Bonchev–Trinajstić information content (AvgIpc) is 2.23. The molecule has 5 heteroatoms. The van der Waals surface area contributed by atoms with Crippen molar-refractivity contribution in [1.82, 2.24) is 4.90 Å². The lowest BCUT2D eigenvalue weighted by Crippen LogP contribution is -2.35. The molecule has 0 aliphatic carbocycles. The molecule has 4 nitrogen and oxygen atoms in total. The Kier molecular flexibility index (Phi) is 5.62. The molecule has 100 valence electrons. The van der Waals surface area contributed by atoms with Gasteiger partial charge in [-0.05, 0) is 27.9 Å². The average molecular weight is 315 g/mol. The predicted molar refractivity (Wildman–Crippen MR) is 75.1 cm³/mol. The number of nitrogens with zero attached hydrogens (tertiary/aromatic N) is 1. The minimum atomic E-state index is -0.356. The van der Waals surface area contributed by atoms with Crippen LogP contribution in [0.15, 0.2) is 22.7 Å². The Morgan fingerprint density at radius 2 is 2.17 bits per heavy atom. The van der Waals surface area contributed by atoms with Crippen LogP contribution in [0.4, 0.5) is 0 Å². The molecule has 3 N–H and O–H groups in total. The summed E-state index contributed by atoms with van der Waals surface area (Å²) in [6.07, 6.45) is 0. The Labute approximate surface area is 116 Å². The summed E-state index contributed by atoms with van der Waals surface area (Å²) in [5.41, 5.74) is 6.02. The highest BCUT2D eigenvalue weighted by atomic mass is 79.9. The first-order valence-corrected chi connectivity index (χ1v) is 6.66. The van der Waals surface area contributed by atoms with Crippen LogP contribution in [-0.2, 0) is 11.3 Å². The monoisotopic (exact) mass is 314 g/mol. The van der Waals surface area contributed by atoms with E-state index in [0.29, 0.717) is 16.9 Å². The van der Waals surface area contributed by atoms with Crippen molar-refractivity contribution in [2.75, 3.05) is 13.1 Å². The molecule has 0 spiro atoms. The summed E-state index contributed by atoms with van der Waals surface area (Å²) < 4.78 is 0.656. The lowest BCUT2D eigenvalue weighted by atomic mass is 10.1. The van der Waals surface area contributed by atoms with Crippen LogP contribution in [-0.4, -0.2) is 29.0 Å². The van der Waals surface area contributed by atoms with E-state index in [0.717, 1.165) is 12.1 Å². The molecule has 0 aliphatic heterocycles. The smallest absolute Gasteiger partial charge is 0.231 e. The van der Waals surface area contributed by atoms with Gasteiger partial charge in [0.05, 0.1) is 11.0 Å². The number of phenolic OH excluding ortho intramolecular Hbond substituents is 1. The number of carbonyl (C=O) groups excluding carboxylic acids is 1. The molecule has 0 fully saturated rings. The number of aromatic hydroxyl groups is 1. The third kappa shape index (κ3) is 4.66. The number of primary amides is 1. The quantitative estimate of drug-likeness (QED) is 0.845. The number of para-hydroxylation sites is 1. The van der Waals surface area contributed by atoms with Gasteiger partial charge in [0, 0.05) is 18.7 Å². The Bertz CT molecular complexity index is 421. The van der Waals surface area contributed by atoms with Crippen LogP contribution >= 0.6 is 15.9 Å². The summed E-state index contributed by atoms with van der Waals surface area (Å²) in [5, 5.41) is 9.92. The number of amides is 1. The van der Waals surface area contributed by atoms with Gasteiger partial charge < -0.3 is 10.8 Å². The predicted octanol–water partition coefficient (Wildman–Crippen LogP) is 2.10. The first-order valence-electron chi connectivity index (χ1n) is 5.87. The van der Waals surface area contributed by atoms with Crippen molar-refractivity contribution in [1.29, 1.82) is 0 Å². The van der Waals surface area contributed by atoms with E-state index in [9.17, 15) is 9.90 Å². The fraction of sp³-hybridized carbons (Fsp3) is 0.462. The fourth-order valence-electron chi connectivity index (χ4n) is 1.85. The van der Waals surface area contributed by atoms with Gasteiger partial charge in [-0.2, -0.15) is 0 Å². The molecule has 0 unspecified atom stereocenters. The van der Waals surface area contributed by atoms with Crippen LogP contribution in [0.5, 0.6) is 5.75 Å². The second kappa shape index (κ2) is 6.75. The molecule has 1 aromatic carbocycles. The molecule has 1 amide bonds. The molecular formula is C13H19BrN2O2. The van der Waals surface area contributed by atoms with Crippen LogP contribution in [0.1, 0.15) is 19.4 Å². The molecule has 1 rings (SSSR count). The number of nitrogens with two attached hydrogens (primary N) is 1. The number of carbonyl (C=O) groups is 1. The highest BCUT2D eigenvalue weighted by Gasteiger charge is 2.13. The van der Waals surface area contributed by atoms with E-state index in [1.807, 2.05) is 17.0 Å². The van der Waals surface area contributed by atoms with Crippen molar-refractivity contribution in [2.24, 2.45) is 11.7 Å². The Morgan fingerprint density at radius 3 is 2.72 bits per heavy atom. The van der Waals surface area contributed by atoms with Gasteiger partial charge in [-0.15, -0.1) is 0 Å². The van der Waals surface area contributed by atoms with E-state index in [4.69, 9.17) is 5.73 Å². The molecule has 1 aromatic rings. The van der Waals surface area contributed by atoms with E-state index < -0.39 is 0 Å². The van der Waals surface area contributed by atoms with E-state index in [2.05, 4.69) is 29.8 Å². The zero-order valence-electron chi connectivity index (χ0n) is 10.7. The molecule has 0 heterocycles. The molecule has 0 atom stereocenters. The maximum Gasteiger partial charge on any atom is 0.231 e. The number of hydrogen-bond acceptors (Lipinski definition) is 3. The van der Waals surface area contributed by atoms with Crippen LogP contribution in [0.2, 0.25) is 0 Å². The standard InChI is InChI=1S/C13H19BrN2O2/c1-9(2)6-16(8-12(15)17)7-10-4-3-5-11(14)13(10)18/h3-5,9,18H,6-8H2,1-2H3,(H2,15,17). The zero-order chi connectivity index (χ0) is 13.7. The number of rotatable bonds is 6. The number of phenols is 1. The van der Waals surface area contributed by atoms with E-state index in [-0.39, 0.29) is 18.2 Å². The van der Waals surface area contributed by atoms with E-state index in [1.54, 1.807) is 6.07 Å².